The quantitative estimate of drug-likeness (QED) is 0.387. The van der Waals surface area contributed by atoms with Crippen molar-refractivity contribution < 1.29 is 23.8 Å². The topological polar surface area (TPSA) is 79.7 Å². The standard InChI is InChI=1S/C24H19FN2O4/c1-31-19-6-2-5-17(12-19)22(28)20-21(16-7-9-18(25)10-8-16)27(24(30)23(20)29)14-15-4-3-11-26-13-15/h2-13,21,28H,14H2,1H3/b22-20+. The van der Waals surface area contributed by atoms with Gasteiger partial charge in [-0.1, -0.05) is 30.3 Å². The molecule has 1 aliphatic heterocycles. The average Bonchev–Trinajstić information content (AvgIpc) is 3.05. The fourth-order valence-corrected chi connectivity index (χ4v) is 3.65. The molecule has 2 aromatic carbocycles. The molecule has 0 spiro atoms. The van der Waals surface area contributed by atoms with Gasteiger partial charge >= 0.3 is 0 Å². The summed E-state index contributed by atoms with van der Waals surface area (Å²) in [5.74, 6) is -1.82. The molecule has 1 unspecified atom stereocenters. The first-order valence-corrected chi connectivity index (χ1v) is 9.57. The first-order valence-electron chi connectivity index (χ1n) is 9.57. The molecule has 4 rings (SSSR count). The summed E-state index contributed by atoms with van der Waals surface area (Å²) in [4.78, 5) is 31.4. The van der Waals surface area contributed by atoms with Crippen LogP contribution in [0.4, 0.5) is 4.39 Å². The number of carbonyl (C=O) groups is 2. The van der Waals surface area contributed by atoms with E-state index in [1.165, 1.54) is 36.3 Å². The lowest BCUT2D eigenvalue weighted by molar-refractivity contribution is -0.140. The van der Waals surface area contributed by atoms with Crippen LogP contribution in [0.1, 0.15) is 22.7 Å². The number of aromatic nitrogens is 1. The van der Waals surface area contributed by atoms with E-state index in [4.69, 9.17) is 4.74 Å². The highest BCUT2D eigenvalue weighted by molar-refractivity contribution is 6.46. The Morgan fingerprint density at radius 1 is 1.13 bits per heavy atom. The molecular formula is C24H19FN2O4. The number of rotatable bonds is 5. The average molecular weight is 418 g/mol. The fraction of sp³-hybridized carbons (Fsp3) is 0.125. The SMILES string of the molecule is COc1cccc(/C(O)=C2\C(=O)C(=O)N(Cc3cccnc3)C2c2ccc(F)cc2)c1. The number of benzene rings is 2. The van der Waals surface area contributed by atoms with Gasteiger partial charge in [-0.05, 0) is 41.5 Å². The highest BCUT2D eigenvalue weighted by Gasteiger charge is 2.46. The summed E-state index contributed by atoms with van der Waals surface area (Å²) >= 11 is 0. The molecule has 3 aromatic rings. The van der Waals surface area contributed by atoms with Crippen LogP contribution >= 0.6 is 0 Å². The number of likely N-dealkylation sites (tertiary alicyclic amines) is 1. The van der Waals surface area contributed by atoms with Crippen molar-refractivity contribution in [3.05, 3.63) is 101 Å². The van der Waals surface area contributed by atoms with Gasteiger partial charge < -0.3 is 14.7 Å². The number of carbonyl (C=O) groups excluding carboxylic acids is 2. The monoisotopic (exact) mass is 418 g/mol. The van der Waals surface area contributed by atoms with E-state index in [9.17, 15) is 19.1 Å². The van der Waals surface area contributed by atoms with Crippen molar-refractivity contribution in [3.63, 3.8) is 0 Å². The van der Waals surface area contributed by atoms with E-state index in [0.717, 1.165) is 5.56 Å². The van der Waals surface area contributed by atoms with Crippen molar-refractivity contribution >= 4 is 17.4 Å². The van der Waals surface area contributed by atoms with E-state index in [-0.39, 0.29) is 17.9 Å². The third kappa shape index (κ3) is 3.90. The van der Waals surface area contributed by atoms with Crippen LogP contribution in [-0.2, 0) is 16.1 Å². The highest BCUT2D eigenvalue weighted by Crippen LogP contribution is 2.40. The lowest BCUT2D eigenvalue weighted by Gasteiger charge is -2.25. The van der Waals surface area contributed by atoms with Crippen molar-refractivity contribution in [2.45, 2.75) is 12.6 Å². The molecule has 7 heteroatoms. The second-order valence-corrected chi connectivity index (χ2v) is 7.07. The number of Topliss-reactive ketones (excluding diaryl/α,β-unsaturated/α-hetero) is 1. The first-order chi connectivity index (χ1) is 15.0. The van der Waals surface area contributed by atoms with E-state index >= 15 is 0 Å². The minimum atomic E-state index is -0.882. The molecule has 6 nitrogen and oxygen atoms in total. The minimum Gasteiger partial charge on any atom is -0.507 e. The van der Waals surface area contributed by atoms with Crippen LogP contribution in [0.25, 0.3) is 5.76 Å². The molecule has 1 aliphatic rings. The van der Waals surface area contributed by atoms with Gasteiger partial charge in [0.15, 0.2) is 0 Å². The normalized spacial score (nSPS) is 17.7. The Balaban J connectivity index is 1.86. The molecule has 0 bridgehead atoms. The third-order valence-corrected chi connectivity index (χ3v) is 5.14. The Kier molecular flexibility index (Phi) is 5.49. The highest BCUT2D eigenvalue weighted by atomic mass is 19.1. The minimum absolute atomic E-state index is 0.0613. The third-order valence-electron chi connectivity index (χ3n) is 5.14. The second kappa shape index (κ2) is 8.39. The van der Waals surface area contributed by atoms with E-state index in [2.05, 4.69) is 4.98 Å². The zero-order chi connectivity index (χ0) is 22.0. The van der Waals surface area contributed by atoms with Crippen molar-refractivity contribution in [3.8, 4) is 5.75 Å². The summed E-state index contributed by atoms with van der Waals surface area (Å²) in [7, 11) is 1.49. The summed E-state index contributed by atoms with van der Waals surface area (Å²) in [5, 5.41) is 11.0. The van der Waals surface area contributed by atoms with Gasteiger partial charge in [0.25, 0.3) is 11.7 Å². The number of ether oxygens (including phenoxy) is 1. The number of methoxy groups -OCH3 is 1. The number of halogens is 1. The van der Waals surface area contributed by atoms with E-state index in [1.54, 1.807) is 48.8 Å². The van der Waals surface area contributed by atoms with Gasteiger partial charge in [-0.25, -0.2) is 4.39 Å². The summed E-state index contributed by atoms with van der Waals surface area (Å²) in [5.41, 5.74) is 1.51. The molecule has 31 heavy (non-hydrogen) atoms. The molecule has 2 heterocycles. The molecule has 1 fully saturated rings. The van der Waals surface area contributed by atoms with Crippen molar-refractivity contribution in [1.82, 2.24) is 9.88 Å². The lowest BCUT2D eigenvalue weighted by Crippen LogP contribution is -2.29. The fourth-order valence-electron chi connectivity index (χ4n) is 3.65. The lowest BCUT2D eigenvalue weighted by atomic mass is 9.95. The van der Waals surface area contributed by atoms with E-state index in [0.29, 0.717) is 16.9 Å². The Hall–Kier alpha value is -4.00. The number of amides is 1. The summed E-state index contributed by atoms with van der Waals surface area (Å²) < 4.78 is 18.7. The number of nitrogens with zero attached hydrogens (tertiary/aromatic N) is 2. The summed E-state index contributed by atoms with van der Waals surface area (Å²) in [6.07, 6.45) is 3.21. The Morgan fingerprint density at radius 3 is 2.58 bits per heavy atom. The van der Waals surface area contributed by atoms with Crippen LogP contribution in [0.2, 0.25) is 0 Å². The van der Waals surface area contributed by atoms with Gasteiger partial charge in [0, 0.05) is 24.5 Å². The van der Waals surface area contributed by atoms with Crippen LogP contribution < -0.4 is 4.74 Å². The number of ketones is 1. The van der Waals surface area contributed by atoms with Crippen LogP contribution in [0.15, 0.2) is 78.6 Å². The number of hydrogen-bond donors (Lipinski definition) is 1. The van der Waals surface area contributed by atoms with Gasteiger partial charge in [0.2, 0.25) is 0 Å². The molecule has 1 amide bonds. The smallest absolute Gasteiger partial charge is 0.295 e. The molecule has 0 radical (unpaired) electrons. The van der Waals surface area contributed by atoms with Crippen LogP contribution in [-0.4, -0.2) is 33.8 Å². The molecule has 156 valence electrons. The van der Waals surface area contributed by atoms with Gasteiger partial charge in [-0.3, -0.25) is 14.6 Å². The Morgan fingerprint density at radius 2 is 1.90 bits per heavy atom. The van der Waals surface area contributed by atoms with Gasteiger partial charge in [-0.2, -0.15) is 0 Å². The van der Waals surface area contributed by atoms with Crippen LogP contribution in [0.3, 0.4) is 0 Å². The van der Waals surface area contributed by atoms with Gasteiger partial charge in [0.05, 0.1) is 18.7 Å². The zero-order valence-electron chi connectivity index (χ0n) is 16.7. The predicted molar refractivity (Wildman–Crippen MR) is 111 cm³/mol. The Labute approximate surface area is 178 Å². The summed E-state index contributed by atoms with van der Waals surface area (Å²) in [6, 6.07) is 14.7. The summed E-state index contributed by atoms with van der Waals surface area (Å²) in [6.45, 7) is 0.106. The largest absolute Gasteiger partial charge is 0.507 e. The maximum absolute atomic E-state index is 13.5. The Bertz CT molecular complexity index is 1160. The molecular weight excluding hydrogens is 399 g/mol. The maximum Gasteiger partial charge on any atom is 0.295 e. The van der Waals surface area contributed by atoms with Gasteiger partial charge in [-0.15, -0.1) is 0 Å². The van der Waals surface area contributed by atoms with Crippen molar-refractivity contribution in [2.75, 3.05) is 7.11 Å². The number of pyridine rings is 1. The van der Waals surface area contributed by atoms with Crippen molar-refractivity contribution in [1.29, 1.82) is 0 Å². The van der Waals surface area contributed by atoms with Crippen LogP contribution in [0.5, 0.6) is 5.75 Å². The molecule has 1 N–H and O–H groups in total. The predicted octanol–water partition coefficient (Wildman–Crippen LogP) is 3.85. The van der Waals surface area contributed by atoms with Gasteiger partial charge in [0.1, 0.15) is 17.3 Å². The van der Waals surface area contributed by atoms with E-state index in [1.807, 2.05) is 0 Å². The maximum atomic E-state index is 13.5. The van der Waals surface area contributed by atoms with Crippen molar-refractivity contribution in [2.24, 2.45) is 0 Å². The van der Waals surface area contributed by atoms with Crippen LogP contribution in [0, 0.1) is 5.82 Å². The molecule has 0 saturated carbocycles. The molecule has 0 aliphatic carbocycles. The zero-order valence-corrected chi connectivity index (χ0v) is 16.7. The number of aliphatic hydroxyl groups is 1. The van der Waals surface area contributed by atoms with E-state index < -0.39 is 23.5 Å². The molecule has 1 saturated heterocycles. The molecule has 1 aromatic heterocycles. The second-order valence-electron chi connectivity index (χ2n) is 7.07. The number of hydrogen-bond acceptors (Lipinski definition) is 5. The first kappa shape index (κ1) is 20.3. The molecule has 1 atom stereocenters. The number of aliphatic hydroxyl groups excluding tert-OH is 1.